The highest BCUT2D eigenvalue weighted by Crippen LogP contribution is 2.15. The maximum Gasteiger partial charge on any atom is 0.303 e. The molecule has 12 fully saturated rings. The van der Waals surface area contributed by atoms with E-state index in [0.717, 1.165) is 176 Å². The van der Waals surface area contributed by atoms with Crippen LogP contribution in [0.3, 0.4) is 0 Å². The van der Waals surface area contributed by atoms with Gasteiger partial charge in [0.05, 0.1) is 44.3 Å². The smallest absolute Gasteiger partial charge is 0.303 e. The number of amides is 6. The molecular weight excluding hydrogens is 1840 g/mol. The number of hydrogen-bond acceptors (Lipinski definition) is 38. The summed E-state index contributed by atoms with van der Waals surface area (Å²) in [6.45, 7) is 32.5. The fourth-order valence-electron chi connectivity index (χ4n) is 17.9. The monoisotopic (exact) mass is 2030 g/mol. The first kappa shape index (κ1) is 125. The molecule has 8 bridgehead atoms. The van der Waals surface area contributed by atoms with Crippen LogP contribution < -0.4 is 171 Å². The Balaban J connectivity index is 0.000000336. The topological polar surface area (TPSA) is 739 Å². The highest BCUT2D eigenvalue weighted by atomic mass is 16.4. The molecule has 12 aliphatic rings. The molecule has 0 aromatic heterocycles. The summed E-state index contributed by atoms with van der Waals surface area (Å²) in [6.07, 6.45) is 8.21. The molecule has 0 aromatic carbocycles. The van der Waals surface area contributed by atoms with Crippen LogP contribution in [0.1, 0.15) is 154 Å². The second-order valence-corrected chi connectivity index (χ2v) is 39.5. The lowest BCUT2D eigenvalue weighted by Gasteiger charge is -2.39. The Bertz CT molecular complexity index is 3270. The van der Waals surface area contributed by atoms with E-state index >= 15 is 0 Å². The van der Waals surface area contributed by atoms with Crippen LogP contribution in [0, 0.1) is 0 Å². The Morgan fingerprint density at radius 2 is 0.261 bits per heavy atom. The Kier molecular flexibility index (Phi) is 64.9. The molecule has 12 aliphatic heterocycles. The van der Waals surface area contributed by atoms with E-state index in [1.54, 1.807) is 0 Å². The third-order valence-electron chi connectivity index (χ3n) is 25.5. The number of carbonyl (C=O) groups is 12. The molecule has 0 unspecified atom stereocenters. The maximum atomic E-state index is 12.8. The van der Waals surface area contributed by atoms with Crippen LogP contribution in [0.4, 0.5) is 0 Å². The average Bonchev–Trinajstić information content (AvgIpc) is 0.856. The summed E-state index contributed by atoms with van der Waals surface area (Å²) < 4.78 is 0. The van der Waals surface area contributed by atoms with Gasteiger partial charge in [0.15, 0.2) is 0 Å². The van der Waals surface area contributed by atoms with Gasteiger partial charge in [-0.15, -0.1) is 0 Å². The van der Waals surface area contributed by atoms with Crippen LogP contribution in [0.25, 0.3) is 0 Å². The molecule has 12 rings (SSSR count). The summed E-state index contributed by atoms with van der Waals surface area (Å²) in [6, 6.07) is 0. The normalized spacial score (nSPS) is 27.7. The van der Waals surface area contributed by atoms with Gasteiger partial charge in [-0.25, -0.2) is 0 Å². The third-order valence-corrected chi connectivity index (χ3v) is 25.5. The van der Waals surface area contributed by atoms with Crippen LogP contribution in [0.5, 0.6) is 0 Å². The van der Waals surface area contributed by atoms with Crippen LogP contribution in [-0.2, 0) is 57.5 Å². The quantitative estimate of drug-likeness (QED) is 0.0318. The number of rotatable bonds is 30. The van der Waals surface area contributed by atoms with E-state index in [1.807, 2.05) is 0 Å². The largest absolute Gasteiger partial charge is 0.481 e. The van der Waals surface area contributed by atoms with E-state index in [0.29, 0.717) is 215 Å². The van der Waals surface area contributed by atoms with Gasteiger partial charge in [-0.3, -0.25) is 57.5 Å². The third kappa shape index (κ3) is 59.4. The average molecular weight is 2030 g/mol. The summed E-state index contributed by atoms with van der Waals surface area (Å²) in [4.78, 5) is 141. The molecule has 0 aliphatic carbocycles. The number of carboxylic acid groups (broad SMARTS) is 6. The van der Waals surface area contributed by atoms with Crippen molar-refractivity contribution in [1.82, 2.24) is 160 Å². The van der Waals surface area contributed by atoms with E-state index in [4.69, 9.17) is 42.1 Å². The number of nitrogens with two attached hydrogens (primary N) is 2. The molecule has 820 valence electrons. The van der Waals surface area contributed by atoms with E-state index < -0.39 is 69.0 Å². The summed E-state index contributed by atoms with van der Waals surface area (Å²) in [5.74, 6) is -6.23. The molecule has 50 nitrogen and oxygen atoms in total. The summed E-state index contributed by atoms with van der Waals surface area (Å²) in [7, 11) is 0. The highest BCUT2D eigenvalue weighted by molar-refractivity contribution is 5.81. The SMILES string of the molecule is NC12CNCCCNCC(NC(=O)CCCC(=O)O)(CNCCCNC1)CNCCCNC2.NC12CNCCNCC(NC(=O)CCCC(=O)O)(CNCCNC1)CNCCNC2.O=C(O)CCCC(=O)NC12CNCCCNCC(NC(=O)CCCC(=O)O)(CNCCCNC1)CNCCCNC2.O=C(O)CCCC(=O)NC12CNCCNCC(NC(=O)CCCC(=O)O)(CNCCNC1)CNCCNC2. The predicted molar refractivity (Wildman–Crippen MR) is 545 cm³/mol. The first-order valence-corrected chi connectivity index (χ1v) is 52.1. The molecule has 0 spiro atoms. The minimum atomic E-state index is -0.911. The predicted octanol–water partition coefficient (Wildman–Crippen LogP) is -11.4. The van der Waals surface area contributed by atoms with Crippen molar-refractivity contribution >= 4 is 71.3 Å². The van der Waals surface area contributed by atoms with Gasteiger partial charge in [0.25, 0.3) is 0 Å². The lowest BCUT2D eigenvalue weighted by molar-refractivity contribution is -0.138. The molecule has 50 heteroatoms. The number of carboxylic acids is 6. The van der Waals surface area contributed by atoms with Gasteiger partial charge >= 0.3 is 35.8 Å². The number of nitrogens with one attached hydrogen (secondary N) is 30. The van der Waals surface area contributed by atoms with Gasteiger partial charge in [0.1, 0.15) is 0 Å². The van der Waals surface area contributed by atoms with E-state index in [-0.39, 0.29) is 124 Å². The van der Waals surface area contributed by atoms with Crippen LogP contribution in [0.15, 0.2) is 0 Å². The molecule has 0 aromatic rings. The number of hydrogen-bond donors (Lipinski definition) is 38. The summed E-state index contributed by atoms with van der Waals surface area (Å²) in [5, 5.41) is 156. The Morgan fingerprint density at radius 1 is 0.162 bits per heavy atom. The van der Waals surface area contributed by atoms with Crippen molar-refractivity contribution in [3.05, 3.63) is 0 Å². The van der Waals surface area contributed by atoms with Crippen LogP contribution >= 0.6 is 0 Å². The van der Waals surface area contributed by atoms with Crippen molar-refractivity contribution in [2.45, 2.75) is 198 Å². The lowest BCUT2D eigenvalue weighted by atomic mass is 9.96. The second-order valence-electron chi connectivity index (χ2n) is 39.5. The Labute approximate surface area is 839 Å². The number of aliphatic carboxylic acids is 6. The second kappa shape index (κ2) is 73.6. The van der Waals surface area contributed by atoms with Crippen LogP contribution in [-0.4, -0.2) is 460 Å². The molecule has 142 heavy (non-hydrogen) atoms. The van der Waals surface area contributed by atoms with Gasteiger partial charge in [0, 0.05) is 313 Å². The van der Waals surface area contributed by atoms with Gasteiger partial charge < -0.3 is 202 Å². The minimum Gasteiger partial charge on any atom is -0.481 e. The van der Waals surface area contributed by atoms with Crippen molar-refractivity contribution in [3.8, 4) is 0 Å². The zero-order chi connectivity index (χ0) is 103. The molecule has 0 radical (unpaired) electrons. The standard InChI is InChI=1S/C27H52N8O6.C24H46N8O6.C22H46N8O3.C19H40N8O3/c36-22(6-1-8-24(38)39)34-26-16-28-10-3-13-31-19-27(20-32-14-4-11-29-17-26,21-33-15-5-12-30-18-26)35-23(37)7-2-9-25(40)41;33-19(3-1-5-21(35)36)31-23-13-25-7-10-28-16-24(17-29-11-8-26-14-23,18-30-12-9-27-15-23)32-20(34)4-2-6-22(37)38;23-21-13-24-7-2-10-27-16-22(17-28-11-3-8-25-14-21,18-29-12-4-9-26-15-21)30-19(31)5-1-6-20(32)33;20-18-10-21-4-7-24-13-19(14-25-8-5-22-11-18,15-26-9-6-23-12-18)27-16(28)2-1-3-17(29)30/h28-33H,1-21H2,(H,34,36)(H,35,37)(H,38,39)(H,40,41);25-30H,1-18H2,(H,31,33)(H,32,34)(H,35,36)(H,37,38);24-29H,1-18,23H2,(H,30,31)(H,32,33);21-26H,1-15,20H2,(H,27,28)(H,29,30). The van der Waals surface area contributed by atoms with Gasteiger partial charge in [0.2, 0.25) is 35.4 Å². The fourth-order valence-corrected chi connectivity index (χ4v) is 17.9. The summed E-state index contributed by atoms with van der Waals surface area (Å²) in [5.41, 5.74) is 9.29. The zero-order valence-electron chi connectivity index (χ0n) is 84.6. The number of carbonyl (C=O) groups excluding carboxylic acids is 6. The van der Waals surface area contributed by atoms with Crippen molar-refractivity contribution in [1.29, 1.82) is 0 Å². The molecule has 40 N–H and O–H groups in total. The molecule has 0 saturated carbocycles. The highest BCUT2D eigenvalue weighted by Gasteiger charge is 2.40. The Morgan fingerprint density at radius 3 is 0.373 bits per heavy atom. The van der Waals surface area contributed by atoms with Crippen molar-refractivity contribution in [2.24, 2.45) is 11.5 Å². The Hall–Kier alpha value is -7.40. The molecule has 6 amide bonds. The van der Waals surface area contributed by atoms with E-state index in [9.17, 15) is 57.5 Å². The van der Waals surface area contributed by atoms with E-state index in [1.165, 1.54) is 0 Å². The molecule has 0 atom stereocenters. The summed E-state index contributed by atoms with van der Waals surface area (Å²) >= 11 is 0. The molecule has 12 saturated heterocycles. The zero-order valence-corrected chi connectivity index (χ0v) is 84.6. The fraction of sp³-hybridized carbons (Fsp3) is 0.870. The molecule has 12 heterocycles. The van der Waals surface area contributed by atoms with Crippen molar-refractivity contribution in [2.75, 3.05) is 314 Å². The van der Waals surface area contributed by atoms with Gasteiger partial charge in [-0.1, -0.05) is 0 Å². The van der Waals surface area contributed by atoms with Crippen molar-refractivity contribution in [3.63, 3.8) is 0 Å². The number of fused-ring (bicyclic) bond motifs is 66. The van der Waals surface area contributed by atoms with E-state index in [2.05, 4.69) is 160 Å². The first-order chi connectivity index (χ1) is 68.3. The van der Waals surface area contributed by atoms with Gasteiger partial charge in [-0.2, -0.15) is 0 Å². The minimum absolute atomic E-state index is 0.000806. The lowest BCUT2D eigenvalue weighted by Crippen LogP contribution is -2.68. The van der Waals surface area contributed by atoms with Crippen molar-refractivity contribution < 1.29 is 88.2 Å². The maximum absolute atomic E-state index is 12.8. The van der Waals surface area contributed by atoms with Gasteiger partial charge in [-0.05, 0) is 156 Å². The molecular formula is C92H184N32O18. The first-order valence-electron chi connectivity index (χ1n) is 52.1. The van der Waals surface area contributed by atoms with Crippen LogP contribution in [0.2, 0.25) is 0 Å².